The molecule has 0 aliphatic carbocycles. The zero-order chi connectivity index (χ0) is 19.8. The number of carbonyl (C=O) groups excluding carboxylic acids is 1. The number of carbonyl (C=O) groups is 2. The first kappa shape index (κ1) is 18.8. The Kier molecular flexibility index (Phi) is 4.87. The second-order valence-corrected chi connectivity index (χ2v) is 7.05. The van der Waals surface area contributed by atoms with E-state index < -0.39 is 11.5 Å². The molecule has 0 radical (unpaired) electrons. The molecule has 142 valence electrons. The Morgan fingerprint density at radius 3 is 2.63 bits per heavy atom. The van der Waals surface area contributed by atoms with Gasteiger partial charge in [0.2, 0.25) is 5.91 Å². The van der Waals surface area contributed by atoms with Crippen LogP contribution in [0.25, 0.3) is 16.6 Å². The molecule has 0 spiro atoms. The van der Waals surface area contributed by atoms with E-state index in [0.717, 1.165) is 33.5 Å². The highest BCUT2D eigenvalue weighted by atomic mass is 16.4. The van der Waals surface area contributed by atoms with E-state index in [-0.39, 0.29) is 12.3 Å². The van der Waals surface area contributed by atoms with Crippen LogP contribution < -0.4 is 5.32 Å². The second-order valence-electron chi connectivity index (χ2n) is 7.05. The zero-order valence-electron chi connectivity index (χ0n) is 16.0. The molecule has 2 aromatic heterocycles. The highest BCUT2D eigenvalue weighted by molar-refractivity contribution is 5.92. The first-order valence-electron chi connectivity index (χ1n) is 9.05. The molecule has 2 N–H and O–H groups in total. The summed E-state index contributed by atoms with van der Waals surface area (Å²) in [5.74, 6) is -1.32. The number of fused-ring (bicyclic) bond motifs is 3. The summed E-state index contributed by atoms with van der Waals surface area (Å²) in [6, 6.07) is 7.84. The fourth-order valence-corrected chi connectivity index (χ4v) is 3.24. The number of hydrogen-bond donors (Lipinski definition) is 2. The first-order valence-corrected chi connectivity index (χ1v) is 9.05. The minimum absolute atomic E-state index is 0.193. The molecule has 0 fully saturated rings. The number of aryl methyl sites for hydroxylation is 2. The number of aliphatic carboxylic acids is 1. The van der Waals surface area contributed by atoms with Crippen LogP contribution in [0.2, 0.25) is 0 Å². The van der Waals surface area contributed by atoms with Crippen molar-refractivity contribution < 1.29 is 14.7 Å². The van der Waals surface area contributed by atoms with Crippen molar-refractivity contribution in [2.24, 2.45) is 0 Å². The minimum atomic E-state index is -1.25. The maximum Gasteiger partial charge on any atom is 0.329 e. The Labute approximate surface area is 157 Å². The van der Waals surface area contributed by atoms with E-state index in [2.05, 4.69) is 10.4 Å². The van der Waals surface area contributed by atoms with E-state index in [1.165, 1.54) is 6.92 Å². The molecule has 2 heterocycles. The van der Waals surface area contributed by atoms with Gasteiger partial charge < -0.3 is 10.4 Å². The van der Waals surface area contributed by atoms with Gasteiger partial charge in [-0.25, -0.2) is 14.3 Å². The summed E-state index contributed by atoms with van der Waals surface area (Å²) in [6.07, 6.45) is 0.986. The van der Waals surface area contributed by atoms with Crippen molar-refractivity contribution in [3.8, 4) is 0 Å². The number of nitrogens with one attached hydrogen (secondary N) is 1. The van der Waals surface area contributed by atoms with Crippen LogP contribution in [0.5, 0.6) is 0 Å². The summed E-state index contributed by atoms with van der Waals surface area (Å²) in [6.45, 7) is 7.15. The van der Waals surface area contributed by atoms with Crippen molar-refractivity contribution in [2.45, 2.75) is 52.5 Å². The van der Waals surface area contributed by atoms with Crippen molar-refractivity contribution in [1.29, 1.82) is 0 Å². The number of carboxylic acid groups (broad SMARTS) is 1. The van der Waals surface area contributed by atoms with E-state index in [1.54, 1.807) is 6.92 Å². The molecule has 0 aliphatic rings. The van der Waals surface area contributed by atoms with Crippen molar-refractivity contribution in [1.82, 2.24) is 19.9 Å². The maximum atomic E-state index is 12.3. The lowest BCUT2D eigenvalue weighted by Gasteiger charge is -2.24. The van der Waals surface area contributed by atoms with Crippen LogP contribution >= 0.6 is 0 Å². The third kappa shape index (κ3) is 3.37. The van der Waals surface area contributed by atoms with Gasteiger partial charge in [-0.1, -0.05) is 19.1 Å². The van der Waals surface area contributed by atoms with E-state index in [9.17, 15) is 14.7 Å². The van der Waals surface area contributed by atoms with Crippen LogP contribution in [0.15, 0.2) is 24.3 Å². The van der Waals surface area contributed by atoms with Gasteiger partial charge in [0.1, 0.15) is 5.54 Å². The Bertz CT molecular complexity index is 1040. The number of hydrogen-bond acceptors (Lipinski definition) is 4. The summed E-state index contributed by atoms with van der Waals surface area (Å²) < 4.78 is 1.82. The van der Waals surface area contributed by atoms with Gasteiger partial charge in [0, 0.05) is 23.2 Å². The van der Waals surface area contributed by atoms with Crippen LogP contribution in [-0.2, 0) is 16.0 Å². The van der Waals surface area contributed by atoms with Gasteiger partial charge >= 0.3 is 5.97 Å². The first-order chi connectivity index (χ1) is 12.8. The molecule has 1 atom stereocenters. The normalized spacial score (nSPS) is 13.6. The van der Waals surface area contributed by atoms with Crippen LogP contribution in [0, 0.1) is 13.8 Å². The Morgan fingerprint density at radius 2 is 1.96 bits per heavy atom. The SMILES string of the molecule is CCC(C)(NC(=O)CCc1c(C)nc2c3ccccc3nn2c1C)C(=O)O. The van der Waals surface area contributed by atoms with E-state index in [1.807, 2.05) is 42.6 Å². The van der Waals surface area contributed by atoms with Gasteiger partial charge in [0.05, 0.1) is 5.52 Å². The van der Waals surface area contributed by atoms with Gasteiger partial charge in [-0.3, -0.25) is 4.79 Å². The molecule has 7 nitrogen and oxygen atoms in total. The fraction of sp³-hybridized carbons (Fsp3) is 0.400. The van der Waals surface area contributed by atoms with Crippen molar-refractivity contribution in [2.75, 3.05) is 0 Å². The molecule has 7 heteroatoms. The monoisotopic (exact) mass is 368 g/mol. The highest BCUT2D eigenvalue weighted by Crippen LogP contribution is 2.23. The highest BCUT2D eigenvalue weighted by Gasteiger charge is 2.32. The third-order valence-corrected chi connectivity index (χ3v) is 5.21. The summed E-state index contributed by atoms with van der Waals surface area (Å²) in [5, 5.41) is 17.5. The summed E-state index contributed by atoms with van der Waals surface area (Å²) in [4.78, 5) is 28.4. The molecular formula is C20H24N4O3. The fourth-order valence-electron chi connectivity index (χ4n) is 3.24. The van der Waals surface area contributed by atoms with Gasteiger partial charge in [0.25, 0.3) is 0 Å². The van der Waals surface area contributed by atoms with E-state index in [0.29, 0.717) is 12.8 Å². The smallest absolute Gasteiger partial charge is 0.329 e. The number of amides is 1. The van der Waals surface area contributed by atoms with Gasteiger partial charge in [-0.15, -0.1) is 0 Å². The quantitative estimate of drug-likeness (QED) is 0.697. The molecule has 27 heavy (non-hydrogen) atoms. The topological polar surface area (TPSA) is 96.6 Å². The van der Waals surface area contributed by atoms with Crippen molar-refractivity contribution in [3.05, 3.63) is 41.2 Å². The molecule has 0 aliphatic heterocycles. The average Bonchev–Trinajstić information content (AvgIpc) is 3.00. The maximum absolute atomic E-state index is 12.3. The Balaban J connectivity index is 1.86. The van der Waals surface area contributed by atoms with Crippen LogP contribution in [0.4, 0.5) is 0 Å². The van der Waals surface area contributed by atoms with E-state index in [4.69, 9.17) is 4.98 Å². The number of carboxylic acids is 1. The minimum Gasteiger partial charge on any atom is -0.480 e. The lowest BCUT2D eigenvalue weighted by molar-refractivity contribution is -0.147. The lowest BCUT2D eigenvalue weighted by atomic mass is 9.98. The molecule has 3 rings (SSSR count). The number of rotatable bonds is 6. The molecule has 1 amide bonds. The molecule has 1 unspecified atom stereocenters. The Hall–Kier alpha value is -2.96. The predicted molar refractivity (Wildman–Crippen MR) is 103 cm³/mol. The van der Waals surface area contributed by atoms with Crippen molar-refractivity contribution >= 4 is 28.4 Å². The standard InChI is InChI=1S/C20H24N4O3/c1-5-20(4,19(26)27)22-17(25)11-10-14-12(2)21-18-15-8-6-7-9-16(15)23-24(18)13(14)3/h6-9H,5,10-11H2,1-4H3,(H,22,25)(H,26,27). The molecule has 0 saturated carbocycles. The molecule has 1 aromatic carbocycles. The second kappa shape index (κ2) is 6.98. The summed E-state index contributed by atoms with van der Waals surface area (Å²) in [7, 11) is 0. The van der Waals surface area contributed by atoms with Gasteiger partial charge in [-0.05, 0) is 51.3 Å². The molecule has 0 bridgehead atoms. The Morgan fingerprint density at radius 1 is 1.26 bits per heavy atom. The molecule has 0 saturated heterocycles. The number of aromatic nitrogens is 3. The van der Waals surface area contributed by atoms with Crippen LogP contribution in [-0.4, -0.2) is 37.1 Å². The van der Waals surface area contributed by atoms with Gasteiger partial charge in [0.15, 0.2) is 5.65 Å². The van der Waals surface area contributed by atoms with Crippen LogP contribution in [0.3, 0.4) is 0 Å². The lowest BCUT2D eigenvalue weighted by Crippen LogP contribution is -2.51. The third-order valence-electron chi connectivity index (χ3n) is 5.21. The summed E-state index contributed by atoms with van der Waals surface area (Å²) in [5.41, 5.74) is 3.19. The average molecular weight is 368 g/mol. The van der Waals surface area contributed by atoms with Crippen LogP contribution in [0.1, 0.15) is 43.6 Å². The van der Waals surface area contributed by atoms with Crippen molar-refractivity contribution in [3.63, 3.8) is 0 Å². The predicted octanol–water partition coefficient (Wildman–Crippen LogP) is 2.80. The zero-order valence-corrected chi connectivity index (χ0v) is 16.0. The number of benzene rings is 1. The summed E-state index contributed by atoms with van der Waals surface area (Å²) >= 11 is 0. The van der Waals surface area contributed by atoms with E-state index >= 15 is 0 Å². The number of nitrogens with zero attached hydrogens (tertiary/aromatic N) is 3. The van der Waals surface area contributed by atoms with Gasteiger partial charge in [-0.2, -0.15) is 5.10 Å². The molecular weight excluding hydrogens is 344 g/mol. The molecule has 3 aromatic rings. The largest absolute Gasteiger partial charge is 0.480 e.